The second-order valence-corrected chi connectivity index (χ2v) is 6.28. The summed E-state index contributed by atoms with van der Waals surface area (Å²) in [5, 5.41) is 1.34. The van der Waals surface area contributed by atoms with Gasteiger partial charge in [-0.15, -0.1) is 0 Å². The Morgan fingerprint density at radius 3 is 3.00 bits per heavy atom. The van der Waals surface area contributed by atoms with Crippen LogP contribution in [0.3, 0.4) is 0 Å². The van der Waals surface area contributed by atoms with Crippen LogP contribution < -0.4 is 0 Å². The molecule has 1 aromatic carbocycles. The van der Waals surface area contributed by atoms with E-state index in [0.29, 0.717) is 6.04 Å². The molecule has 4 rings (SSSR count). The third-order valence-electron chi connectivity index (χ3n) is 5.03. The fourth-order valence-corrected chi connectivity index (χ4v) is 3.88. The number of ether oxygens (including phenoxy) is 1. The number of carbonyl (C=O) groups is 1. The SMILES string of the molecule is COC(=O)C1=CN2CCc3c([nH]c4ccccc34)[C@H]2C[C@@H]1C. The highest BCUT2D eigenvalue weighted by molar-refractivity contribution is 5.89. The maximum absolute atomic E-state index is 11.9. The number of hydrogen-bond donors (Lipinski definition) is 1. The van der Waals surface area contributed by atoms with Crippen LogP contribution in [0.15, 0.2) is 36.0 Å². The van der Waals surface area contributed by atoms with E-state index in [1.54, 1.807) is 0 Å². The number of methoxy groups -OCH3 is 1. The molecule has 0 spiro atoms. The number of benzene rings is 1. The first-order valence-electron chi connectivity index (χ1n) is 7.84. The van der Waals surface area contributed by atoms with Gasteiger partial charge in [-0.2, -0.15) is 0 Å². The molecule has 2 aromatic rings. The maximum atomic E-state index is 11.9. The molecule has 0 amide bonds. The number of nitrogens with one attached hydrogen (secondary N) is 1. The molecule has 22 heavy (non-hydrogen) atoms. The van der Waals surface area contributed by atoms with Gasteiger partial charge in [-0.25, -0.2) is 4.79 Å². The van der Waals surface area contributed by atoms with E-state index in [1.807, 2.05) is 6.20 Å². The predicted octanol–water partition coefficient (Wildman–Crippen LogP) is 3.16. The molecule has 2 aliphatic heterocycles. The van der Waals surface area contributed by atoms with Gasteiger partial charge in [0.1, 0.15) is 0 Å². The van der Waals surface area contributed by atoms with E-state index in [0.717, 1.165) is 25.0 Å². The third kappa shape index (κ3) is 1.86. The fraction of sp³-hybridized carbons (Fsp3) is 0.389. The summed E-state index contributed by atoms with van der Waals surface area (Å²) in [6.45, 7) is 3.06. The van der Waals surface area contributed by atoms with Crippen molar-refractivity contribution < 1.29 is 9.53 Å². The van der Waals surface area contributed by atoms with Crippen molar-refractivity contribution in [2.75, 3.05) is 13.7 Å². The molecular weight excluding hydrogens is 276 g/mol. The smallest absolute Gasteiger partial charge is 0.335 e. The van der Waals surface area contributed by atoms with E-state index < -0.39 is 0 Å². The molecule has 0 radical (unpaired) electrons. The maximum Gasteiger partial charge on any atom is 0.335 e. The van der Waals surface area contributed by atoms with Crippen molar-refractivity contribution in [1.82, 2.24) is 9.88 Å². The van der Waals surface area contributed by atoms with Crippen LogP contribution in [0.25, 0.3) is 10.9 Å². The van der Waals surface area contributed by atoms with Gasteiger partial charge in [0.2, 0.25) is 0 Å². The number of aromatic amines is 1. The van der Waals surface area contributed by atoms with E-state index in [9.17, 15) is 4.79 Å². The minimum atomic E-state index is -0.201. The highest BCUT2D eigenvalue weighted by Crippen LogP contribution is 2.42. The van der Waals surface area contributed by atoms with Crippen LogP contribution in [-0.2, 0) is 16.0 Å². The van der Waals surface area contributed by atoms with Crippen molar-refractivity contribution in [3.8, 4) is 0 Å². The Bertz CT molecular complexity index is 774. The second kappa shape index (κ2) is 4.90. The van der Waals surface area contributed by atoms with Gasteiger partial charge in [0.15, 0.2) is 0 Å². The molecule has 3 heterocycles. The van der Waals surface area contributed by atoms with Crippen LogP contribution in [0, 0.1) is 5.92 Å². The van der Waals surface area contributed by atoms with Gasteiger partial charge in [-0.1, -0.05) is 25.1 Å². The van der Waals surface area contributed by atoms with Crippen molar-refractivity contribution in [3.05, 3.63) is 47.3 Å². The normalized spacial score (nSPS) is 23.7. The van der Waals surface area contributed by atoms with Gasteiger partial charge in [-0.3, -0.25) is 0 Å². The monoisotopic (exact) mass is 296 g/mol. The topological polar surface area (TPSA) is 45.3 Å². The van der Waals surface area contributed by atoms with Gasteiger partial charge >= 0.3 is 5.97 Å². The van der Waals surface area contributed by atoms with Gasteiger partial charge in [0.05, 0.1) is 18.7 Å². The van der Waals surface area contributed by atoms with E-state index in [4.69, 9.17) is 4.74 Å². The molecule has 0 fully saturated rings. The van der Waals surface area contributed by atoms with Gasteiger partial charge in [0.25, 0.3) is 0 Å². The first-order chi connectivity index (χ1) is 10.7. The zero-order valence-corrected chi connectivity index (χ0v) is 12.9. The fourth-order valence-electron chi connectivity index (χ4n) is 3.88. The van der Waals surface area contributed by atoms with Crippen molar-refractivity contribution in [1.29, 1.82) is 0 Å². The highest BCUT2D eigenvalue weighted by atomic mass is 16.5. The average Bonchev–Trinajstić information content (AvgIpc) is 2.92. The van der Waals surface area contributed by atoms with E-state index >= 15 is 0 Å². The molecule has 0 aliphatic carbocycles. The molecule has 2 aliphatic rings. The Kier molecular flexibility index (Phi) is 2.99. The summed E-state index contributed by atoms with van der Waals surface area (Å²) in [7, 11) is 1.45. The van der Waals surface area contributed by atoms with Crippen LogP contribution in [0.4, 0.5) is 0 Å². The number of nitrogens with zero attached hydrogens (tertiary/aromatic N) is 1. The number of aromatic nitrogens is 1. The number of para-hydroxylation sites is 1. The molecule has 0 bridgehead atoms. The highest BCUT2D eigenvalue weighted by Gasteiger charge is 2.36. The molecule has 1 N–H and O–H groups in total. The lowest BCUT2D eigenvalue weighted by Gasteiger charge is -2.40. The number of carbonyl (C=O) groups excluding carboxylic acids is 1. The summed E-state index contributed by atoms with van der Waals surface area (Å²) in [5.41, 5.74) is 4.77. The standard InChI is InChI=1S/C18H20N2O2/c1-11-9-16-17-13(12-5-3-4-6-15(12)19-17)7-8-20(16)10-14(11)18(21)22-2/h3-6,10-11,16,19H,7-9H2,1-2H3/t11-,16+/m0/s1. The zero-order chi connectivity index (χ0) is 15.3. The Labute approximate surface area is 129 Å². The number of H-pyrrole nitrogens is 1. The van der Waals surface area contributed by atoms with Crippen molar-refractivity contribution in [3.63, 3.8) is 0 Å². The van der Waals surface area contributed by atoms with E-state index in [-0.39, 0.29) is 11.9 Å². The minimum Gasteiger partial charge on any atom is -0.466 e. The van der Waals surface area contributed by atoms with Gasteiger partial charge in [-0.05, 0) is 30.4 Å². The van der Waals surface area contributed by atoms with Gasteiger partial charge < -0.3 is 14.6 Å². The molecule has 0 saturated heterocycles. The Balaban J connectivity index is 1.78. The third-order valence-corrected chi connectivity index (χ3v) is 5.03. The minimum absolute atomic E-state index is 0.201. The number of rotatable bonds is 1. The predicted molar refractivity (Wildman–Crippen MR) is 85.3 cm³/mol. The molecular formula is C18H20N2O2. The van der Waals surface area contributed by atoms with Crippen LogP contribution >= 0.6 is 0 Å². The lowest BCUT2D eigenvalue weighted by Crippen LogP contribution is -2.37. The number of esters is 1. The Morgan fingerprint density at radius 1 is 1.36 bits per heavy atom. The van der Waals surface area contributed by atoms with Crippen molar-refractivity contribution in [2.45, 2.75) is 25.8 Å². The van der Waals surface area contributed by atoms with E-state index in [2.05, 4.69) is 41.1 Å². The molecule has 4 nitrogen and oxygen atoms in total. The summed E-state index contributed by atoms with van der Waals surface area (Å²) in [6.07, 6.45) is 3.97. The lowest BCUT2D eigenvalue weighted by molar-refractivity contribution is -0.137. The molecule has 2 atom stereocenters. The molecule has 0 unspecified atom stereocenters. The van der Waals surface area contributed by atoms with Crippen LogP contribution in [0.2, 0.25) is 0 Å². The van der Waals surface area contributed by atoms with Crippen molar-refractivity contribution in [2.24, 2.45) is 5.92 Å². The first-order valence-corrected chi connectivity index (χ1v) is 7.84. The average molecular weight is 296 g/mol. The Hall–Kier alpha value is -2.23. The van der Waals surface area contributed by atoms with E-state index in [1.165, 1.54) is 29.3 Å². The van der Waals surface area contributed by atoms with Crippen LogP contribution in [0.1, 0.15) is 30.6 Å². The number of hydrogen-bond acceptors (Lipinski definition) is 3. The second-order valence-electron chi connectivity index (χ2n) is 6.28. The first kappa shape index (κ1) is 13.4. The summed E-state index contributed by atoms with van der Waals surface area (Å²) in [5.74, 6) is 0.0134. The van der Waals surface area contributed by atoms with Crippen LogP contribution in [-0.4, -0.2) is 29.5 Å². The quantitative estimate of drug-likeness (QED) is 0.822. The molecule has 1 aromatic heterocycles. The number of fused-ring (bicyclic) bond motifs is 5. The summed E-state index contributed by atoms with van der Waals surface area (Å²) in [6, 6.07) is 8.84. The summed E-state index contributed by atoms with van der Waals surface area (Å²) < 4.78 is 4.92. The summed E-state index contributed by atoms with van der Waals surface area (Å²) >= 11 is 0. The van der Waals surface area contributed by atoms with Gasteiger partial charge in [0, 0.05) is 29.3 Å². The Morgan fingerprint density at radius 2 is 2.18 bits per heavy atom. The lowest BCUT2D eigenvalue weighted by atomic mass is 9.84. The van der Waals surface area contributed by atoms with Crippen LogP contribution in [0.5, 0.6) is 0 Å². The molecule has 0 saturated carbocycles. The van der Waals surface area contributed by atoms with Crippen molar-refractivity contribution >= 4 is 16.9 Å². The summed E-state index contributed by atoms with van der Waals surface area (Å²) in [4.78, 5) is 17.8. The molecule has 114 valence electrons. The largest absolute Gasteiger partial charge is 0.466 e. The zero-order valence-electron chi connectivity index (χ0n) is 12.9. The molecule has 4 heteroatoms.